The SMILES string of the molecule is CC(C)=CCC[C@@H](C)[C@H]1CC[C@@]2(C)C3=C(CC[C@]12C)[C@@]1(C)CCC(OCC(C)C)C(C)(C)C1CC3. The van der Waals surface area contributed by atoms with E-state index in [1.165, 1.54) is 69.8 Å². The molecule has 35 heavy (non-hydrogen) atoms. The van der Waals surface area contributed by atoms with E-state index in [1.807, 2.05) is 11.1 Å². The number of rotatable bonds is 7. The van der Waals surface area contributed by atoms with Crippen LogP contribution >= 0.6 is 0 Å². The molecule has 4 rings (SSSR count). The van der Waals surface area contributed by atoms with Crippen molar-refractivity contribution < 1.29 is 4.74 Å². The molecule has 0 aliphatic heterocycles. The van der Waals surface area contributed by atoms with Crippen molar-refractivity contribution in [2.24, 2.45) is 45.3 Å². The molecule has 0 radical (unpaired) electrons. The van der Waals surface area contributed by atoms with Gasteiger partial charge in [-0.15, -0.1) is 0 Å². The van der Waals surface area contributed by atoms with Crippen LogP contribution in [0, 0.1) is 45.3 Å². The highest BCUT2D eigenvalue weighted by molar-refractivity contribution is 5.38. The summed E-state index contributed by atoms with van der Waals surface area (Å²) in [4.78, 5) is 0. The number of ether oxygens (including phenoxy) is 1. The Morgan fingerprint density at radius 1 is 0.914 bits per heavy atom. The van der Waals surface area contributed by atoms with Crippen molar-refractivity contribution in [1.29, 1.82) is 0 Å². The van der Waals surface area contributed by atoms with Gasteiger partial charge in [0, 0.05) is 6.61 Å². The van der Waals surface area contributed by atoms with Gasteiger partial charge in [0.25, 0.3) is 0 Å². The minimum atomic E-state index is 0.264. The molecule has 7 atom stereocenters. The molecule has 4 aliphatic carbocycles. The third-order valence-corrected chi connectivity index (χ3v) is 12.2. The van der Waals surface area contributed by atoms with Crippen LogP contribution in [0.4, 0.5) is 0 Å². The summed E-state index contributed by atoms with van der Waals surface area (Å²) >= 11 is 0. The predicted molar refractivity (Wildman–Crippen MR) is 151 cm³/mol. The topological polar surface area (TPSA) is 9.23 Å². The van der Waals surface area contributed by atoms with Gasteiger partial charge >= 0.3 is 0 Å². The van der Waals surface area contributed by atoms with Gasteiger partial charge in [-0.25, -0.2) is 0 Å². The van der Waals surface area contributed by atoms with Crippen molar-refractivity contribution in [1.82, 2.24) is 0 Å². The molecule has 0 saturated heterocycles. The van der Waals surface area contributed by atoms with E-state index in [0.717, 1.165) is 24.4 Å². The summed E-state index contributed by atoms with van der Waals surface area (Å²) in [6.45, 7) is 25.7. The smallest absolute Gasteiger partial charge is 0.0629 e. The van der Waals surface area contributed by atoms with E-state index in [4.69, 9.17) is 4.74 Å². The first kappa shape index (κ1) is 27.5. The normalized spacial score (nSPS) is 41.3. The van der Waals surface area contributed by atoms with Crippen LogP contribution in [0.3, 0.4) is 0 Å². The summed E-state index contributed by atoms with van der Waals surface area (Å²) in [5.41, 5.74) is 6.87. The molecule has 0 heterocycles. The molecule has 2 unspecified atom stereocenters. The van der Waals surface area contributed by atoms with Crippen molar-refractivity contribution in [2.75, 3.05) is 6.61 Å². The van der Waals surface area contributed by atoms with Gasteiger partial charge in [-0.05, 0) is 123 Å². The maximum Gasteiger partial charge on any atom is 0.0629 e. The Labute approximate surface area is 218 Å². The molecule has 1 heteroatoms. The zero-order valence-corrected chi connectivity index (χ0v) is 25.2. The molecular formula is C34H58O. The van der Waals surface area contributed by atoms with E-state index in [0.29, 0.717) is 28.3 Å². The molecule has 0 amide bonds. The minimum Gasteiger partial charge on any atom is -0.377 e. The molecule has 2 fully saturated rings. The van der Waals surface area contributed by atoms with Crippen LogP contribution in [0.5, 0.6) is 0 Å². The van der Waals surface area contributed by atoms with Gasteiger partial charge in [0.15, 0.2) is 0 Å². The van der Waals surface area contributed by atoms with E-state index >= 15 is 0 Å². The Balaban J connectivity index is 1.60. The highest BCUT2D eigenvalue weighted by Crippen LogP contribution is 2.72. The number of hydrogen-bond donors (Lipinski definition) is 0. The van der Waals surface area contributed by atoms with Crippen molar-refractivity contribution >= 4 is 0 Å². The number of fused-ring (bicyclic) bond motifs is 4. The molecule has 0 aromatic heterocycles. The summed E-state index contributed by atoms with van der Waals surface area (Å²) in [5.74, 6) is 3.09. The lowest BCUT2D eigenvalue weighted by molar-refractivity contribution is -0.130. The molecule has 1 nitrogen and oxygen atoms in total. The van der Waals surface area contributed by atoms with Gasteiger partial charge in [0.2, 0.25) is 0 Å². The summed E-state index contributed by atoms with van der Waals surface area (Å²) in [5, 5.41) is 0. The molecule has 0 bridgehead atoms. The van der Waals surface area contributed by atoms with Crippen LogP contribution in [0.15, 0.2) is 22.8 Å². The van der Waals surface area contributed by atoms with Gasteiger partial charge in [0.05, 0.1) is 6.10 Å². The quantitative estimate of drug-likeness (QED) is 0.328. The first-order valence-electron chi connectivity index (χ1n) is 15.3. The average Bonchev–Trinajstić information content (AvgIpc) is 3.04. The Kier molecular flexibility index (Phi) is 7.56. The third kappa shape index (κ3) is 4.42. The van der Waals surface area contributed by atoms with Crippen molar-refractivity contribution in [2.45, 2.75) is 140 Å². The fraction of sp³-hybridized carbons (Fsp3) is 0.882. The lowest BCUT2D eigenvalue weighted by Crippen LogP contribution is -2.55. The Hall–Kier alpha value is -0.560. The van der Waals surface area contributed by atoms with E-state index in [-0.39, 0.29) is 5.41 Å². The van der Waals surface area contributed by atoms with Crippen LogP contribution in [-0.2, 0) is 4.74 Å². The second-order valence-electron chi connectivity index (χ2n) is 15.3. The Morgan fingerprint density at radius 2 is 1.63 bits per heavy atom. The van der Waals surface area contributed by atoms with Crippen LogP contribution < -0.4 is 0 Å². The summed E-state index contributed by atoms with van der Waals surface area (Å²) in [6, 6.07) is 0. The monoisotopic (exact) mass is 482 g/mol. The standard InChI is InChI=1S/C34H58O/c1-23(2)12-11-13-25(5)26-16-20-34(10)28-14-15-29-31(6,7)30(35-22-24(3)4)18-19-32(29,8)27(28)17-21-33(26,34)9/h12,24-26,29-30H,11,13-22H2,1-10H3/t25-,26-,29?,30?,32-,33-,34+/m1/s1. The van der Waals surface area contributed by atoms with Crippen molar-refractivity contribution in [3.63, 3.8) is 0 Å². The first-order chi connectivity index (χ1) is 16.3. The van der Waals surface area contributed by atoms with Gasteiger partial charge < -0.3 is 4.74 Å². The predicted octanol–water partition coefficient (Wildman–Crippen LogP) is 10.2. The zero-order chi connectivity index (χ0) is 25.8. The molecule has 0 aromatic carbocycles. The van der Waals surface area contributed by atoms with Gasteiger partial charge in [-0.2, -0.15) is 0 Å². The second kappa shape index (κ2) is 9.63. The molecule has 2 saturated carbocycles. The van der Waals surface area contributed by atoms with E-state index in [2.05, 4.69) is 75.3 Å². The molecular weight excluding hydrogens is 424 g/mol. The van der Waals surface area contributed by atoms with Crippen molar-refractivity contribution in [3.8, 4) is 0 Å². The fourth-order valence-electron chi connectivity index (χ4n) is 10.1. The highest BCUT2D eigenvalue weighted by atomic mass is 16.5. The summed E-state index contributed by atoms with van der Waals surface area (Å²) in [6.07, 6.45) is 16.4. The summed E-state index contributed by atoms with van der Waals surface area (Å²) in [7, 11) is 0. The zero-order valence-electron chi connectivity index (χ0n) is 25.2. The van der Waals surface area contributed by atoms with E-state index < -0.39 is 0 Å². The van der Waals surface area contributed by atoms with Crippen molar-refractivity contribution in [3.05, 3.63) is 22.8 Å². The number of allylic oxidation sites excluding steroid dienone is 4. The Morgan fingerprint density at radius 3 is 2.29 bits per heavy atom. The fourth-order valence-corrected chi connectivity index (χ4v) is 10.1. The largest absolute Gasteiger partial charge is 0.377 e. The van der Waals surface area contributed by atoms with Gasteiger partial charge in [0.1, 0.15) is 0 Å². The van der Waals surface area contributed by atoms with Crippen LogP contribution in [0.2, 0.25) is 0 Å². The maximum absolute atomic E-state index is 6.56. The van der Waals surface area contributed by atoms with Gasteiger partial charge in [-0.3, -0.25) is 0 Å². The Bertz CT molecular complexity index is 841. The molecule has 4 aliphatic rings. The van der Waals surface area contributed by atoms with Crippen LogP contribution in [-0.4, -0.2) is 12.7 Å². The van der Waals surface area contributed by atoms with Crippen LogP contribution in [0.1, 0.15) is 133 Å². The second-order valence-corrected chi connectivity index (χ2v) is 15.3. The summed E-state index contributed by atoms with van der Waals surface area (Å²) < 4.78 is 6.56. The lowest BCUT2D eigenvalue weighted by Gasteiger charge is -2.62. The lowest BCUT2D eigenvalue weighted by atomic mass is 9.43. The third-order valence-electron chi connectivity index (χ3n) is 12.2. The minimum absolute atomic E-state index is 0.264. The van der Waals surface area contributed by atoms with E-state index in [1.54, 1.807) is 0 Å². The van der Waals surface area contributed by atoms with Crippen LogP contribution in [0.25, 0.3) is 0 Å². The van der Waals surface area contributed by atoms with E-state index in [9.17, 15) is 0 Å². The average molecular weight is 483 g/mol. The first-order valence-corrected chi connectivity index (χ1v) is 15.3. The number of hydrogen-bond acceptors (Lipinski definition) is 1. The molecule has 0 N–H and O–H groups in total. The maximum atomic E-state index is 6.56. The van der Waals surface area contributed by atoms with Gasteiger partial charge in [-0.1, -0.05) is 78.2 Å². The molecule has 0 aromatic rings. The molecule has 0 spiro atoms. The molecule has 200 valence electrons. The highest BCUT2D eigenvalue weighted by Gasteiger charge is 2.63.